The van der Waals surface area contributed by atoms with Crippen molar-refractivity contribution in [1.29, 1.82) is 0 Å². The first-order valence-electron chi connectivity index (χ1n) is 9.13. The van der Waals surface area contributed by atoms with E-state index >= 15 is 0 Å². The average Bonchev–Trinajstić information content (AvgIpc) is 2.47. The average molecular weight is 346 g/mol. The maximum atomic E-state index is 13.5. The molecule has 0 aliphatic heterocycles. The number of halogens is 2. The van der Waals surface area contributed by atoms with E-state index in [-0.39, 0.29) is 30.4 Å². The molecule has 0 atom stereocenters. The number of carbonyl (C=O) groups excluding carboxylic acids is 1. The lowest BCUT2D eigenvalue weighted by Crippen LogP contribution is -2.47. The van der Waals surface area contributed by atoms with E-state index in [2.05, 4.69) is 5.32 Å². The SMILES string of the molecule is CC(C)(C)OC(=O)NC1CCC(C2(CN)CCC(F)(F)CC2)CC1. The van der Waals surface area contributed by atoms with Crippen molar-refractivity contribution in [3.63, 3.8) is 0 Å². The maximum Gasteiger partial charge on any atom is 0.407 e. The fourth-order valence-electron chi connectivity index (χ4n) is 4.22. The van der Waals surface area contributed by atoms with Crippen LogP contribution in [0.25, 0.3) is 0 Å². The van der Waals surface area contributed by atoms with Crippen LogP contribution in [0.1, 0.15) is 72.1 Å². The van der Waals surface area contributed by atoms with E-state index in [9.17, 15) is 13.6 Å². The summed E-state index contributed by atoms with van der Waals surface area (Å²) in [6.45, 7) is 6.01. The second kappa shape index (κ2) is 7.14. The predicted molar refractivity (Wildman–Crippen MR) is 90.0 cm³/mol. The molecule has 0 heterocycles. The zero-order valence-corrected chi connectivity index (χ0v) is 15.2. The first kappa shape index (κ1) is 19.4. The maximum absolute atomic E-state index is 13.5. The van der Waals surface area contributed by atoms with Crippen molar-refractivity contribution in [2.45, 2.75) is 89.7 Å². The molecular weight excluding hydrogens is 314 g/mol. The van der Waals surface area contributed by atoms with Gasteiger partial charge in [-0.25, -0.2) is 13.6 Å². The lowest BCUT2D eigenvalue weighted by Gasteiger charge is -2.47. The van der Waals surface area contributed by atoms with Crippen LogP contribution in [0.5, 0.6) is 0 Å². The van der Waals surface area contributed by atoms with Crippen LogP contribution < -0.4 is 11.1 Å². The Morgan fingerprint density at radius 2 is 1.67 bits per heavy atom. The third kappa shape index (κ3) is 5.04. The van der Waals surface area contributed by atoms with Gasteiger partial charge in [0.15, 0.2) is 0 Å². The Kier molecular flexibility index (Phi) is 5.78. The topological polar surface area (TPSA) is 64.3 Å². The second-order valence-electron chi connectivity index (χ2n) is 8.62. The summed E-state index contributed by atoms with van der Waals surface area (Å²) in [6.07, 6.45) is 4.17. The number of alkyl carbamates (subject to hydrolysis) is 1. The molecule has 0 spiro atoms. The molecule has 2 fully saturated rings. The molecule has 6 heteroatoms. The van der Waals surface area contributed by atoms with E-state index in [0.717, 1.165) is 25.7 Å². The van der Waals surface area contributed by atoms with Crippen LogP contribution in [-0.4, -0.2) is 30.2 Å². The van der Waals surface area contributed by atoms with Crippen LogP contribution in [-0.2, 0) is 4.74 Å². The lowest BCUT2D eigenvalue weighted by molar-refractivity contribution is -0.0832. The molecule has 0 unspecified atom stereocenters. The van der Waals surface area contributed by atoms with E-state index in [0.29, 0.717) is 25.3 Å². The summed E-state index contributed by atoms with van der Waals surface area (Å²) in [7, 11) is 0. The molecule has 24 heavy (non-hydrogen) atoms. The molecule has 0 aromatic rings. The monoisotopic (exact) mass is 346 g/mol. The number of rotatable bonds is 3. The Morgan fingerprint density at radius 1 is 1.12 bits per heavy atom. The highest BCUT2D eigenvalue weighted by Crippen LogP contribution is 2.51. The molecule has 2 saturated carbocycles. The first-order valence-corrected chi connectivity index (χ1v) is 9.13. The molecule has 2 aliphatic rings. The van der Waals surface area contributed by atoms with Crippen LogP contribution in [0.2, 0.25) is 0 Å². The lowest BCUT2D eigenvalue weighted by atomic mass is 9.61. The van der Waals surface area contributed by atoms with Gasteiger partial charge in [0, 0.05) is 18.9 Å². The van der Waals surface area contributed by atoms with Crippen LogP contribution in [0, 0.1) is 11.3 Å². The number of hydrogen-bond acceptors (Lipinski definition) is 3. The summed E-state index contributed by atoms with van der Waals surface area (Å²) in [6, 6.07) is 0.107. The number of nitrogens with one attached hydrogen (secondary N) is 1. The number of nitrogens with two attached hydrogens (primary N) is 1. The van der Waals surface area contributed by atoms with Crippen LogP contribution in [0.3, 0.4) is 0 Å². The van der Waals surface area contributed by atoms with Crippen LogP contribution in [0.4, 0.5) is 13.6 Å². The van der Waals surface area contributed by atoms with E-state index in [1.54, 1.807) is 0 Å². The Labute approximate surface area is 143 Å². The van der Waals surface area contributed by atoms with Gasteiger partial charge >= 0.3 is 6.09 Å². The van der Waals surface area contributed by atoms with Crippen LogP contribution in [0.15, 0.2) is 0 Å². The van der Waals surface area contributed by atoms with E-state index < -0.39 is 11.5 Å². The quantitative estimate of drug-likeness (QED) is 0.804. The molecule has 140 valence electrons. The normalized spacial score (nSPS) is 29.8. The van der Waals surface area contributed by atoms with E-state index in [4.69, 9.17) is 10.5 Å². The molecule has 0 bridgehead atoms. The summed E-state index contributed by atoms with van der Waals surface area (Å²) in [5, 5.41) is 2.93. The predicted octanol–water partition coefficient (Wildman–Crippen LogP) is 4.22. The highest BCUT2D eigenvalue weighted by atomic mass is 19.3. The molecule has 0 radical (unpaired) electrons. The van der Waals surface area contributed by atoms with Gasteiger partial charge in [-0.15, -0.1) is 0 Å². The zero-order valence-electron chi connectivity index (χ0n) is 15.2. The highest BCUT2D eigenvalue weighted by Gasteiger charge is 2.47. The first-order chi connectivity index (χ1) is 11.1. The largest absolute Gasteiger partial charge is 0.444 e. The number of ether oxygens (including phenoxy) is 1. The van der Waals surface area contributed by atoms with Crippen molar-refractivity contribution < 1.29 is 18.3 Å². The van der Waals surface area contributed by atoms with Gasteiger partial charge in [-0.1, -0.05) is 0 Å². The van der Waals surface area contributed by atoms with Crippen molar-refractivity contribution in [2.75, 3.05) is 6.54 Å². The minimum atomic E-state index is -2.52. The Balaban J connectivity index is 1.84. The molecule has 0 aromatic heterocycles. The molecule has 2 rings (SSSR count). The molecule has 0 saturated heterocycles. The van der Waals surface area contributed by atoms with Gasteiger partial charge in [0.25, 0.3) is 0 Å². The highest BCUT2D eigenvalue weighted by molar-refractivity contribution is 5.68. The molecule has 4 nitrogen and oxygen atoms in total. The van der Waals surface area contributed by atoms with Crippen molar-refractivity contribution >= 4 is 6.09 Å². The Morgan fingerprint density at radius 3 is 2.12 bits per heavy atom. The number of hydrogen-bond donors (Lipinski definition) is 2. The van der Waals surface area contributed by atoms with Crippen molar-refractivity contribution in [3.8, 4) is 0 Å². The summed E-state index contributed by atoms with van der Waals surface area (Å²) in [5.74, 6) is -2.14. The smallest absolute Gasteiger partial charge is 0.407 e. The van der Waals surface area contributed by atoms with E-state index in [1.807, 2.05) is 20.8 Å². The van der Waals surface area contributed by atoms with Gasteiger partial charge in [0.05, 0.1) is 0 Å². The number of amides is 1. The van der Waals surface area contributed by atoms with Gasteiger partial charge < -0.3 is 15.8 Å². The van der Waals surface area contributed by atoms with Crippen LogP contribution >= 0.6 is 0 Å². The van der Waals surface area contributed by atoms with Gasteiger partial charge in [0.1, 0.15) is 5.60 Å². The third-order valence-corrected chi connectivity index (χ3v) is 5.70. The molecule has 2 aliphatic carbocycles. The molecule has 3 N–H and O–H groups in total. The molecule has 0 aromatic carbocycles. The summed E-state index contributed by atoms with van der Waals surface area (Å²) in [4.78, 5) is 11.9. The summed E-state index contributed by atoms with van der Waals surface area (Å²) >= 11 is 0. The fraction of sp³-hybridized carbons (Fsp3) is 0.944. The van der Waals surface area contributed by atoms with Crippen molar-refractivity contribution in [1.82, 2.24) is 5.32 Å². The summed E-state index contributed by atoms with van der Waals surface area (Å²) < 4.78 is 32.3. The van der Waals surface area contributed by atoms with E-state index in [1.165, 1.54) is 0 Å². The number of alkyl halides is 2. The standard InChI is InChI=1S/C18H32F2N2O2/c1-16(2,3)24-15(23)22-14-6-4-13(5-7-14)17(12-21)8-10-18(19,20)11-9-17/h13-14H,4-12,21H2,1-3H3,(H,22,23). The third-order valence-electron chi connectivity index (χ3n) is 5.70. The van der Waals surface area contributed by atoms with Crippen molar-refractivity contribution in [2.24, 2.45) is 17.1 Å². The minimum absolute atomic E-state index is 0.0414. The van der Waals surface area contributed by atoms with Crippen molar-refractivity contribution in [3.05, 3.63) is 0 Å². The Hall–Kier alpha value is -0.910. The minimum Gasteiger partial charge on any atom is -0.444 e. The molecule has 1 amide bonds. The fourth-order valence-corrected chi connectivity index (χ4v) is 4.22. The van der Waals surface area contributed by atoms with Gasteiger partial charge in [-0.05, 0) is 77.2 Å². The Bertz CT molecular complexity index is 431. The molecular formula is C18H32F2N2O2. The number of carbonyl (C=O) groups is 1. The van der Waals surface area contributed by atoms with Gasteiger partial charge in [-0.2, -0.15) is 0 Å². The second-order valence-corrected chi connectivity index (χ2v) is 8.62. The summed E-state index contributed by atoms with van der Waals surface area (Å²) in [5.41, 5.74) is 5.37. The zero-order chi connectivity index (χ0) is 18.0. The van der Waals surface area contributed by atoms with Gasteiger partial charge in [0.2, 0.25) is 5.92 Å². The van der Waals surface area contributed by atoms with Gasteiger partial charge in [-0.3, -0.25) is 0 Å².